The highest BCUT2D eigenvalue weighted by Gasteiger charge is 2.23. The number of benzene rings is 2. The van der Waals surface area contributed by atoms with Crippen LogP contribution < -0.4 is 20.5 Å². The fourth-order valence-electron chi connectivity index (χ4n) is 3.12. The number of hydrogen-bond donors (Lipinski definition) is 2. The lowest BCUT2D eigenvalue weighted by Crippen LogP contribution is -2.22. The quantitative estimate of drug-likeness (QED) is 0.408. The third kappa shape index (κ3) is 7.65. The number of ether oxygens (including phenoxy) is 2. The number of alkyl halides is 3. The fourth-order valence-corrected chi connectivity index (χ4v) is 4.57. The number of hydrogen-bond acceptors (Lipinski definition) is 8. The van der Waals surface area contributed by atoms with Crippen LogP contribution in [0.3, 0.4) is 0 Å². The Morgan fingerprint density at radius 3 is 2.46 bits per heavy atom. The topological polar surface area (TPSA) is 129 Å². The number of fused-ring (bicyclic) bond motifs is 1. The molecule has 1 aliphatic heterocycles. The first kappa shape index (κ1) is 27.9. The highest BCUT2D eigenvalue weighted by molar-refractivity contribution is 7.95. The van der Waals surface area contributed by atoms with Crippen molar-refractivity contribution in [3.63, 3.8) is 0 Å². The van der Waals surface area contributed by atoms with Gasteiger partial charge < -0.3 is 20.5 Å². The fraction of sp³-hybridized carbons (Fsp3) is 0.348. The van der Waals surface area contributed by atoms with Gasteiger partial charge in [0.15, 0.2) is 6.61 Å². The minimum atomic E-state index is -3.96. The van der Waals surface area contributed by atoms with E-state index in [0.29, 0.717) is 45.4 Å². The zero-order valence-electron chi connectivity index (χ0n) is 20.0. The van der Waals surface area contributed by atoms with Gasteiger partial charge in [0.1, 0.15) is 29.5 Å². The van der Waals surface area contributed by atoms with E-state index in [1.807, 2.05) is 0 Å². The summed E-state index contributed by atoms with van der Waals surface area (Å²) in [5.74, 6) is 0.848. The van der Waals surface area contributed by atoms with E-state index >= 15 is 0 Å². The van der Waals surface area contributed by atoms with Gasteiger partial charge in [-0.25, -0.2) is 18.6 Å². The van der Waals surface area contributed by atoms with Crippen LogP contribution in [-0.4, -0.2) is 51.5 Å². The number of methoxy groups -OCH3 is 1. The molecule has 1 saturated heterocycles. The largest absolute Gasteiger partial charge is 0.496 e. The van der Waals surface area contributed by atoms with Gasteiger partial charge in [0.05, 0.1) is 39.1 Å². The maximum absolute atomic E-state index is 13.7. The first-order chi connectivity index (χ1) is 17.4. The summed E-state index contributed by atoms with van der Waals surface area (Å²) in [6.45, 7) is 0.677. The van der Waals surface area contributed by atoms with Gasteiger partial charge in [0.25, 0.3) is 5.91 Å². The molecule has 2 heterocycles. The third-order valence-electron chi connectivity index (χ3n) is 5.07. The van der Waals surface area contributed by atoms with Crippen molar-refractivity contribution >= 4 is 43.7 Å². The van der Waals surface area contributed by atoms with E-state index in [1.54, 1.807) is 12.1 Å². The van der Waals surface area contributed by atoms with Gasteiger partial charge in [0.2, 0.25) is 0 Å². The normalized spacial score (nSPS) is 14.1. The number of rotatable bonds is 7. The number of anilines is 2. The maximum atomic E-state index is 13.7. The predicted molar refractivity (Wildman–Crippen MR) is 131 cm³/mol. The first-order valence-electron chi connectivity index (χ1n) is 11.0. The number of nitrogens with two attached hydrogens (primary N) is 1. The molecule has 0 atom stereocenters. The molecule has 3 N–H and O–H groups in total. The van der Waals surface area contributed by atoms with E-state index in [0.717, 1.165) is 19.4 Å². The Hall–Kier alpha value is -3.68. The smallest absolute Gasteiger partial charge is 0.388 e. The van der Waals surface area contributed by atoms with Crippen LogP contribution in [0.4, 0.5) is 34.8 Å². The lowest BCUT2D eigenvalue weighted by molar-refractivity contribution is -0.130. The number of nitrogens with zero attached hydrogens (tertiary/aromatic N) is 3. The monoisotopic (exact) mass is 543 g/mol. The molecule has 14 heteroatoms. The second-order valence-corrected chi connectivity index (χ2v) is 10.4. The number of aromatic nitrogens is 2. The molecule has 0 aliphatic carbocycles. The molecule has 3 aromatic rings. The standard InChI is InChI=1S/C20H20FN5O4S.C3H5F3/c1-29-17-9-13(26-31(28)5-2-6-31)8-15-19(17)20(24-11-23-15)25-14-4-3-12(21)7-16(14)30-10-18(22)27;1-2-3(4,5)6/h3-4,7-9,11H,2,5-6,10H2,1H3,(H2,22,27)(H,23,24,25);2H2,1H3. The van der Waals surface area contributed by atoms with E-state index < -0.39 is 40.7 Å². The molecule has 200 valence electrons. The second-order valence-electron chi connectivity index (χ2n) is 7.88. The minimum absolute atomic E-state index is 0.0954. The number of nitrogens with one attached hydrogen (secondary N) is 1. The van der Waals surface area contributed by atoms with Gasteiger partial charge in [0, 0.05) is 30.1 Å². The van der Waals surface area contributed by atoms with Crippen molar-refractivity contribution in [2.45, 2.75) is 25.9 Å². The number of carbonyl (C=O) groups is 1. The van der Waals surface area contributed by atoms with Crippen LogP contribution in [-0.2, 0) is 14.5 Å². The molecule has 0 unspecified atom stereocenters. The van der Waals surface area contributed by atoms with Gasteiger partial charge in [-0.2, -0.15) is 17.5 Å². The van der Waals surface area contributed by atoms with Crippen molar-refractivity contribution in [1.82, 2.24) is 9.97 Å². The number of halogens is 4. The van der Waals surface area contributed by atoms with Crippen molar-refractivity contribution < 1.29 is 36.0 Å². The zero-order chi connectivity index (χ0) is 27.2. The molecule has 1 fully saturated rings. The van der Waals surface area contributed by atoms with Crippen molar-refractivity contribution in [2.75, 3.05) is 30.5 Å². The van der Waals surface area contributed by atoms with Crippen LogP contribution in [0.5, 0.6) is 11.5 Å². The SMILES string of the molecule is CCC(F)(F)F.COc1cc(N=S2(=O)CCC2)cc2ncnc(Nc3ccc(F)cc3OCC(N)=O)c12. The van der Waals surface area contributed by atoms with Crippen LogP contribution in [0, 0.1) is 5.82 Å². The Bertz CT molecular complexity index is 1400. The van der Waals surface area contributed by atoms with Crippen molar-refractivity contribution in [3.05, 3.63) is 42.5 Å². The van der Waals surface area contributed by atoms with E-state index in [2.05, 4.69) is 19.6 Å². The van der Waals surface area contributed by atoms with Gasteiger partial charge in [-0.1, -0.05) is 6.92 Å². The summed E-state index contributed by atoms with van der Waals surface area (Å²) < 4.78 is 73.8. The van der Waals surface area contributed by atoms with E-state index in [9.17, 15) is 26.6 Å². The lowest BCUT2D eigenvalue weighted by Gasteiger charge is -2.18. The minimum Gasteiger partial charge on any atom is -0.496 e. The third-order valence-corrected chi connectivity index (χ3v) is 7.47. The average Bonchev–Trinajstić information content (AvgIpc) is 2.82. The molecule has 4 rings (SSSR count). The van der Waals surface area contributed by atoms with Gasteiger partial charge in [-0.3, -0.25) is 4.79 Å². The Morgan fingerprint density at radius 2 is 1.89 bits per heavy atom. The van der Waals surface area contributed by atoms with Crippen molar-refractivity contribution in [3.8, 4) is 11.5 Å². The Labute approximate surface area is 210 Å². The van der Waals surface area contributed by atoms with Crippen LogP contribution in [0.2, 0.25) is 0 Å². The molecule has 37 heavy (non-hydrogen) atoms. The zero-order valence-corrected chi connectivity index (χ0v) is 20.8. The highest BCUT2D eigenvalue weighted by Crippen LogP contribution is 2.38. The van der Waals surface area contributed by atoms with Gasteiger partial charge in [-0.15, -0.1) is 0 Å². The van der Waals surface area contributed by atoms with E-state index in [-0.39, 0.29) is 5.75 Å². The summed E-state index contributed by atoms with van der Waals surface area (Å²) in [6, 6.07) is 7.23. The maximum Gasteiger partial charge on any atom is 0.388 e. The molecule has 0 saturated carbocycles. The summed E-state index contributed by atoms with van der Waals surface area (Å²) in [7, 11) is -0.699. The molecule has 0 bridgehead atoms. The van der Waals surface area contributed by atoms with Crippen LogP contribution in [0.15, 0.2) is 41.0 Å². The number of amides is 1. The first-order valence-corrected chi connectivity index (χ1v) is 12.9. The van der Waals surface area contributed by atoms with Gasteiger partial charge >= 0.3 is 6.18 Å². The summed E-state index contributed by atoms with van der Waals surface area (Å²) in [5.41, 5.74) is 6.54. The summed E-state index contributed by atoms with van der Waals surface area (Å²) >= 11 is 0. The highest BCUT2D eigenvalue weighted by atomic mass is 32.2. The van der Waals surface area contributed by atoms with E-state index in [1.165, 1.54) is 25.6 Å². The molecule has 1 amide bonds. The molecule has 9 nitrogen and oxygen atoms in total. The number of carbonyl (C=O) groups excluding carboxylic acids is 1. The molecule has 0 spiro atoms. The van der Waals surface area contributed by atoms with Crippen LogP contribution in [0.25, 0.3) is 10.9 Å². The van der Waals surface area contributed by atoms with Crippen molar-refractivity contribution in [2.24, 2.45) is 10.1 Å². The number of primary amides is 1. The second kappa shape index (κ2) is 11.6. The Kier molecular flexibility index (Phi) is 8.73. The molecule has 1 aliphatic rings. The Morgan fingerprint density at radius 1 is 1.19 bits per heavy atom. The lowest BCUT2D eigenvalue weighted by atomic mass is 10.2. The Balaban J connectivity index is 0.000000568. The molecule has 2 aromatic carbocycles. The predicted octanol–water partition coefficient (Wildman–Crippen LogP) is 4.85. The van der Waals surface area contributed by atoms with E-state index in [4.69, 9.17) is 15.2 Å². The summed E-state index contributed by atoms with van der Waals surface area (Å²) in [5, 5.41) is 3.62. The summed E-state index contributed by atoms with van der Waals surface area (Å²) in [6.07, 6.45) is -2.43. The average molecular weight is 544 g/mol. The summed E-state index contributed by atoms with van der Waals surface area (Å²) in [4.78, 5) is 19.6. The van der Waals surface area contributed by atoms with Gasteiger partial charge in [-0.05, 0) is 24.6 Å². The van der Waals surface area contributed by atoms with Crippen molar-refractivity contribution in [1.29, 1.82) is 0 Å². The molecule has 1 aromatic heterocycles. The van der Waals surface area contributed by atoms with Crippen LogP contribution >= 0.6 is 0 Å². The molecular weight excluding hydrogens is 518 g/mol. The molecule has 0 radical (unpaired) electrons. The molecular formula is C23H25F4N5O4S. The van der Waals surface area contributed by atoms with Crippen LogP contribution in [0.1, 0.15) is 19.8 Å².